The summed E-state index contributed by atoms with van der Waals surface area (Å²) in [4.78, 5) is 3.75. The zero-order valence-corrected chi connectivity index (χ0v) is 10.9. The van der Waals surface area contributed by atoms with E-state index in [2.05, 4.69) is 34.8 Å². The van der Waals surface area contributed by atoms with Crippen molar-refractivity contribution in [2.45, 2.75) is 13.1 Å². The third-order valence-corrected chi connectivity index (χ3v) is 3.45. The fraction of sp³-hybridized carbons (Fsp3) is 0.385. The molecule has 0 fully saturated rings. The fourth-order valence-corrected chi connectivity index (χ4v) is 2.43. The van der Waals surface area contributed by atoms with Gasteiger partial charge in [0.1, 0.15) is 0 Å². The van der Waals surface area contributed by atoms with Gasteiger partial charge in [0.2, 0.25) is 0 Å². The molecule has 4 heteroatoms. The molecule has 0 aliphatic carbocycles. The average molecular weight is 250 g/mol. The van der Waals surface area contributed by atoms with Crippen molar-refractivity contribution in [1.29, 1.82) is 0 Å². The Morgan fingerprint density at radius 3 is 3.06 bits per heavy atom. The molecule has 0 atom stereocenters. The molecule has 0 aliphatic rings. The van der Waals surface area contributed by atoms with Crippen molar-refractivity contribution in [1.82, 2.24) is 10.2 Å². The van der Waals surface area contributed by atoms with E-state index in [9.17, 15) is 0 Å². The van der Waals surface area contributed by atoms with Crippen LogP contribution < -0.4 is 5.32 Å². The Kier molecular flexibility index (Phi) is 4.79. The summed E-state index contributed by atoms with van der Waals surface area (Å²) in [5.41, 5.74) is 1.20. The van der Waals surface area contributed by atoms with Crippen molar-refractivity contribution in [2.75, 3.05) is 20.1 Å². The molecule has 0 saturated heterocycles. The second-order valence-electron chi connectivity index (χ2n) is 4.13. The molecule has 2 aromatic heterocycles. The zero-order chi connectivity index (χ0) is 11.9. The van der Waals surface area contributed by atoms with Crippen LogP contribution in [-0.2, 0) is 13.1 Å². The summed E-state index contributed by atoms with van der Waals surface area (Å²) in [6.07, 6.45) is 3.49. The van der Waals surface area contributed by atoms with E-state index in [4.69, 9.17) is 4.42 Å². The Morgan fingerprint density at radius 1 is 1.41 bits per heavy atom. The van der Waals surface area contributed by atoms with Crippen LogP contribution >= 0.6 is 11.3 Å². The average Bonchev–Trinajstić information content (AvgIpc) is 2.96. The van der Waals surface area contributed by atoms with E-state index < -0.39 is 0 Å². The van der Waals surface area contributed by atoms with E-state index in [0.717, 1.165) is 26.2 Å². The summed E-state index contributed by atoms with van der Waals surface area (Å²) in [5, 5.41) is 5.53. The smallest absolute Gasteiger partial charge is 0.0947 e. The van der Waals surface area contributed by atoms with Gasteiger partial charge in [-0.2, -0.15) is 0 Å². The Morgan fingerprint density at radius 2 is 2.35 bits per heavy atom. The third-order valence-electron chi connectivity index (χ3n) is 2.59. The Hall–Kier alpha value is -1.10. The van der Waals surface area contributed by atoms with Gasteiger partial charge < -0.3 is 14.6 Å². The SMILES string of the molecule is CN(CCNCc1ccoc1)Cc1cccs1. The fourth-order valence-electron chi connectivity index (χ4n) is 1.64. The lowest BCUT2D eigenvalue weighted by atomic mass is 10.3. The van der Waals surface area contributed by atoms with Crippen molar-refractivity contribution in [3.8, 4) is 0 Å². The molecule has 92 valence electrons. The van der Waals surface area contributed by atoms with E-state index in [1.165, 1.54) is 10.4 Å². The molecule has 0 bridgehead atoms. The molecule has 0 amide bonds. The highest BCUT2D eigenvalue weighted by Gasteiger charge is 2.00. The van der Waals surface area contributed by atoms with Crippen LogP contribution in [0.2, 0.25) is 0 Å². The summed E-state index contributed by atoms with van der Waals surface area (Å²) in [6, 6.07) is 6.27. The van der Waals surface area contributed by atoms with Gasteiger partial charge >= 0.3 is 0 Å². The molecule has 0 aromatic carbocycles. The van der Waals surface area contributed by atoms with Gasteiger partial charge in [0, 0.05) is 36.6 Å². The minimum Gasteiger partial charge on any atom is -0.472 e. The molecule has 0 unspecified atom stereocenters. The minimum absolute atomic E-state index is 0.878. The number of furan rings is 1. The lowest BCUT2D eigenvalue weighted by Gasteiger charge is -2.15. The topological polar surface area (TPSA) is 28.4 Å². The third kappa shape index (κ3) is 4.34. The molecular formula is C13H18N2OS. The van der Waals surface area contributed by atoms with E-state index >= 15 is 0 Å². The number of nitrogens with zero attached hydrogens (tertiary/aromatic N) is 1. The maximum atomic E-state index is 5.01. The Labute approximate surface area is 106 Å². The highest BCUT2D eigenvalue weighted by atomic mass is 32.1. The summed E-state index contributed by atoms with van der Waals surface area (Å²) < 4.78 is 5.01. The summed E-state index contributed by atoms with van der Waals surface area (Å²) in [7, 11) is 2.15. The monoisotopic (exact) mass is 250 g/mol. The molecule has 17 heavy (non-hydrogen) atoms. The normalized spacial score (nSPS) is 11.2. The zero-order valence-electron chi connectivity index (χ0n) is 10.1. The van der Waals surface area contributed by atoms with Crippen molar-refractivity contribution >= 4 is 11.3 Å². The van der Waals surface area contributed by atoms with Crippen molar-refractivity contribution in [2.24, 2.45) is 0 Å². The number of thiophene rings is 1. The van der Waals surface area contributed by atoms with Gasteiger partial charge in [0.15, 0.2) is 0 Å². The highest BCUT2D eigenvalue weighted by molar-refractivity contribution is 7.09. The van der Waals surface area contributed by atoms with Crippen molar-refractivity contribution in [3.05, 3.63) is 46.5 Å². The van der Waals surface area contributed by atoms with Crippen LogP contribution in [0, 0.1) is 0 Å². The first-order valence-electron chi connectivity index (χ1n) is 5.77. The van der Waals surface area contributed by atoms with Gasteiger partial charge in [0.05, 0.1) is 12.5 Å². The van der Waals surface area contributed by atoms with Gasteiger partial charge in [0.25, 0.3) is 0 Å². The number of nitrogens with one attached hydrogen (secondary N) is 1. The Balaban J connectivity index is 1.58. The van der Waals surface area contributed by atoms with E-state index in [1.807, 2.05) is 17.4 Å². The van der Waals surface area contributed by atoms with E-state index in [1.54, 1.807) is 12.5 Å². The molecule has 0 spiro atoms. The van der Waals surface area contributed by atoms with Gasteiger partial charge in [-0.15, -0.1) is 11.3 Å². The lowest BCUT2D eigenvalue weighted by Crippen LogP contribution is -2.28. The van der Waals surface area contributed by atoms with Crippen LogP contribution in [0.15, 0.2) is 40.5 Å². The van der Waals surface area contributed by atoms with E-state index in [-0.39, 0.29) is 0 Å². The maximum Gasteiger partial charge on any atom is 0.0947 e. The second-order valence-corrected chi connectivity index (χ2v) is 5.16. The van der Waals surface area contributed by atoms with Crippen LogP contribution in [0.1, 0.15) is 10.4 Å². The van der Waals surface area contributed by atoms with Crippen LogP contribution in [0.25, 0.3) is 0 Å². The maximum absolute atomic E-state index is 5.01. The van der Waals surface area contributed by atoms with Crippen molar-refractivity contribution in [3.63, 3.8) is 0 Å². The summed E-state index contributed by atoms with van der Waals surface area (Å²) in [5.74, 6) is 0. The Bertz CT molecular complexity index is 397. The van der Waals surface area contributed by atoms with Gasteiger partial charge in [-0.05, 0) is 24.6 Å². The summed E-state index contributed by atoms with van der Waals surface area (Å²) in [6.45, 7) is 3.96. The first-order valence-corrected chi connectivity index (χ1v) is 6.65. The predicted octanol–water partition coefficient (Wildman–Crippen LogP) is 2.56. The minimum atomic E-state index is 0.878. The second kappa shape index (κ2) is 6.59. The number of hydrogen-bond donors (Lipinski definition) is 1. The summed E-state index contributed by atoms with van der Waals surface area (Å²) >= 11 is 1.81. The van der Waals surface area contributed by atoms with Crippen LogP contribution in [0.4, 0.5) is 0 Å². The molecule has 3 nitrogen and oxygen atoms in total. The first kappa shape index (κ1) is 12.4. The van der Waals surface area contributed by atoms with Gasteiger partial charge in [-0.3, -0.25) is 0 Å². The lowest BCUT2D eigenvalue weighted by molar-refractivity contribution is 0.327. The van der Waals surface area contributed by atoms with Crippen LogP contribution in [0.3, 0.4) is 0 Å². The van der Waals surface area contributed by atoms with Gasteiger partial charge in [-0.25, -0.2) is 0 Å². The number of likely N-dealkylation sites (N-methyl/N-ethyl adjacent to an activating group) is 1. The largest absolute Gasteiger partial charge is 0.472 e. The molecular weight excluding hydrogens is 232 g/mol. The van der Waals surface area contributed by atoms with Crippen LogP contribution in [-0.4, -0.2) is 25.0 Å². The molecule has 0 radical (unpaired) electrons. The molecule has 0 aliphatic heterocycles. The van der Waals surface area contributed by atoms with Gasteiger partial charge in [-0.1, -0.05) is 6.07 Å². The quantitative estimate of drug-likeness (QED) is 0.766. The predicted molar refractivity (Wildman–Crippen MR) is 71.1 cm³/mol. The van der Waals surface area contributed by atoms with Crippen LogP contribution in [0.5, 0.6) is 0 Å². The van der Waals surface area contributed by atoms with Crippen molar-refractivity contribution < 1.29 is 4.42 Å². The number of hydrogen-bond acceptors (Lipinski definition) is 4. The molecule has 2 heterocycles. The number of rotatable bonds is 7. The molecule has 2 aromatic rings. The molecule has 0 saturated carbocycles. The molecule has 1 N–H and O–H groups in total. The highest BCUT2D eigenvalue weighted by Crippen LogP contribution is 2.10. The first-order chi connectivity index (χ1) is 8.34. The van der Waals surface area contributed by atoms with E-state index in [0.29, 0.717) is 0 Å². The standard InChI is InChI=1S/C13H18N2OS/c1-15(10-13-3-2-8-17-13)6-5-14-9-12-4-7-16-11-12/h2-4,7-8,11,14H,5-6,9-10H2,1H3. The molecule has 2 rings (SSSR count).